The smallest absolute Gasteiger partial charge is 0.323 e. The summed E-state index contributed by atoms with van der Waals surface area (Å²) < 4.78 is 19.8. The van der Waals surface area contributed by atoms with Crippen LogP contribution < -0.4 is 20.9 Å². The maximum atomic E-state index is 14.5. The molecule has 7 nitrogen and oxygen atoms in total. The third-order valence-electron chi connectivity index (χ3n) is 4.99. The summed E-state index contributed by atoms with van der Waals surface area (Å²) in [5.41, 5.74) is 2.46. The van der Waals surface area contributed by atoms with Crippen LogP contribution in [0.3, 0.4) is 0 Å². The zero-order valence-corrected chi connectivity index (χ0v) is 17.3. The third kappa shape index (κ3) is 5.41. The topological polar surface area (TPSA) is 82.7 Å². The lowest BCUT2D eigenvalue weighted by Crippen LogP contribution is -2.36. The molecule has 3 N–H and O–H groups in total. The fraction of sp³-hybridized carbons (Fsp3) is 0.167. The molecule has 1 aliphatic rings. The second kappa shape index (κ2) is 9.93. The molecule has 4 rings (SSSR count). The first-order valence-electron chi connectivity index (χ1n) is 10.3. The molecule has 0 unspecified atom stereocenters. The molecule has 1 aliphatic heterocycles. The minimum atomic E-state index is -0.395. The van der Waals surface area contributed by atoms with E-state index >= 15 is 0 Å². The Kier molecular flexibility index (Phi) is 6.62. The van der Waals surface area contributed by atoms with Crippen LogP contribution in [-0.4, -0.2) is 38.2 Å². The fourth-order valence-corrected chi connectivity index (χ4v) is 3.37. The van der Waals surface area contributed by atoms with Crippen molar-refractivity contribution in [3.8, 4) is 0 Å². The summed E-state index contributed by atoms with van der Waals surface area (Å²) in [6, 6.07) is 19.8. The van der Waals surface area contributed by atoms with Crippen molar-refractivity contribution in [2.45, 2.75) is 0 Å². The molecule has 164 valence electrons. The second-order valence-electron chi connectivity index (χ2n) is 7.24. The zero-order valence-electron chi connectivity index (χ0n) is 17.3. The van der Waals surface area contributed by atoms with Gasteiger partial charge in [-0.05, 0) is 54.6 Å². The minimum absolute atomic E-state index is 0.369. The molecule has 0 bridgehead atoms. The monoisotopic (exact) mass is 434 g/mol. The molecule has 0 radical (unpaired) electrons. The Labute approximate surface area is 185 Å². The number of urea groups is 1. The molecule has 1 fully saturated rings. The van der Waals surface area contributed by atoms with Gasteiger partial charge in [-0.15, -0.1) is 0 Å². The maximum absolute atomic E-state index is 14.5. The van der Waals surface area contributed by atoms with Crippen molar-refractivity contribution in [3.05, 3.63) is 84.2 Å². The summed E-state index contributed by atoms with van der Waals surface area (Å²) in [7, 11) is 0. The highest BCUT2D eigenvalue weighted by Crippen LogP contribution is 2.24. The van der Waals surface area contributed by atoms with Crippen molar-refractivity contribution < 1.29 is 18.7 Å². The van der Waals surface area contributed by atoms with E-state index in [1.54, 1.807) is 48.5 Å². The number of carbonyl (C=O) groups excluding carboxylic acids is 2. The van der Waals surface area contributed by atoms with Crippen LogP contribution in [0.25, 0.3) is 0 Å². The summed E-state index contributed by atoms with van der Waals surface area (Å²) in [6.07, 6.45) is 0. The molecule has 0 aliphatic carbocycles. The van der Waals surface area contributed by atoms with E-state index in [0.29, 0.717) is 54.6 Å². The Balaban J connectivity index is 1.34. The van der Waals surface area contributed by atoms with Crippen LogP contribution in [0.15, 0.2) is 72.8 Å². The number of carbonyl (C=O) groups is 2. The lowest BCUT2D eigenvalue weighted by molar-refractivity contribution is 0.102. The summed E-state index contributed by atoms with van der Waals surface area (Å²) in [4.78, 5) is 26.5. The van der Waals surface area contributed by atoms with Crippen LogP contribution >= 0.6 is 0 Å². The summed E-state index contributed by atoms with van der Waals surface area (Å²) in [5, 5.41) is 8.13. The van der Waals surface area contributed by atoms with Crippen molar-refractivity contribution in [3.63, 3.8) is 0 Å². The summed E-state index contributed by atoms with van der Waals surface area (Å²) >= 11 is 0. The van der Waals surface area contributed by atoms with E-state index in [-0.39, 0.29) is 11.9 Å². The lowest BCUT2D eigenvalue weighted by Gasteiger charge is -2.29. The molecule has 32 heavy (non-hydrogen) atoms. The van der Waals surface area contributed by atoms with Gasteiger partial charge < -0.3 is 25.6 Å². The number of rotatable bonds is 5. The van der Waals surface area contributed by atoms with Gasteiger partial charge in [-0.1, -0.05) is 18.2 Å². The first kappa shape index (κ1) is 21.3. The molecule has 1 heterocycles. The standard InChI is InChI=1S/C24H23FN4O3/c25-21-16-20(10-11-22(21)29-12-14-32-15-13-29)26-23(30)17-6-8-19(9-7-17)28-24(31)27-18-4-2-1-3-5-18/h1-11,16H,12-15H2,(H,26,30)(H2,27,28,31). The molecular formula is C24H23FN4O3. The molecule has 1 saturated heterocycles. The van der Waals surface area contributed by atoms with Crippen molar-refractivity contribution >= 4 is 34.7 Å². The van der Waals surface area contributed by atoms with Gasteiger partial charge in [0.1, 0.15) is 5.82 Å². The van der Waals surface area contributed by atoms with Gasteiger partial charge in [0.25, 0.3) is 5.91 Å². The lowest BCUT2D eigenvalue weighted by atomic mass is 10.1. The highest BCUT2D eigenvalue weighted by Gasteiger charge is 2.16. The Morgan fingerprint density at radius 2 is 1.41 bits per heavy atom. The molecule has 8 heteroatoms. The number of hydrogen-bond acceptors (Lipinski definition) is 4. The van der Waals surface area contributed by atoms with Gasteiger partial charge in [-0.3, -0.25) is 4.79 Å². The van der Waals surface area contributed by atoms with E-state index in [2.05, 4.69) is 16.0 Å². The van der Waals surface area contributed by atoms with E-state index in [1.165, 1.54) is 6.07 Å². The average molecular weight is 434 g/mol. The third-order valence-corrected chi connectivity index (χ3v) is 4.99. The van der Waals surface area contributed by atoms with E-state index in [1.807, 2.05) is 23.1 Å². The predicted molar refractivity (Wildman–Crippen MR) is 123 cm³/mol. The number of nitrogens with zero attached hydrogens (tertiary/aromatic N) is 1. The highest BCUT2D eigenvalue weighted by atomic mass is 19.1. The van der Waals surface area contributed by atoms with Gasteiger partial charge in [-0.2, -0.15) is 0 Å². The minimum Gasteiger partial charge on any atom is -0.378 e. The van der Waals surface area contributed by atoms with Crippen LogP contribution in [-0.2, 0) is 4.74 Å². The summed E-state index contributed by atoms with van der Waals surface area (Å²) in [5.74, 6) is -0.766. The second-order valence-corrected chi connectivity index (χ2v) is 7.24. The fourth-order valence-electron chi connectivity index (χ4n) is 3.37. The summed E-state index contributed by atoms with van der Waals surface area (Å²) in [6.45, 7) is 2.39. The van der Waals surface area contributed by atoms with Crippen molar-refractivity contribution in [1.29, 1.82) is 0 Å². The number of hydrogen-bond donors (Lipinski definition) is 3. The molecule has 0 aromatic heterocycles. The first-order chi connectivity index (χ1) is 15.6. The largest absolute Gasteiger partial charge is 0.378 e. The SMILES string of the molecule is O=C(Nc1ccccc1)Nc1ccc(C(=O)Nc2ccc(N3CCOCC3)c(F)c2)cc1. The average Bonchev–Trinajstić information content (AvgIpc) is 2.81. The van der Waals surface area contributed by atoms with Crippen LogP contribution in [0.1, 0.15) is 10.4 Å². The van der Waals surface area contributed by atoms with Gasteiger partial charge in [0.2, 0.25) is 0 Å². The molecule has 0 atom stereocenters. The number of nitrogens with one attached hydrogen (secondary N) is 3. The Hall–Kier alpha value is -3.91. The number of ether oxygens (including phenoxy) is 1. The maximum Gasteiger partial charge on any atom is 0.323 e. The number of halogens is 1. The molecule has 3 amide bonds. The van der Waals surface area contributed by atoms with E-state index in [4.69, 9.17) is 4.74 Å². The van der Waals surface area contributed by atoms with Crippen molar-refractivity contribution in [2.24, 2.45) is 0 Å². The van der Waals surface area contributed by atoms with Gasteiger partial charge in [0.05, 0.1) is 18.9 Å². The Morgan fingerprint density at radius 1 is 0.781 bits per heavy atom. The van der Waals surface area contributed by atoms with Crippen LogP contribution in [0, 0.1) is 5.82 Å². The van der Waals surface area contributed by atoms with E-state index in [0.717, 1.165) is 0 Å². The molecular weight excluding hydrogens is 411 g/mol. The molecule has 0 spiro atoms. The number of benzene rings is 3. The molecule has 3 aromatic rings. The molecule has 3 aromatic carbocycles. The quantitative estimate of drug-likeness (QED) is 0.550. The Bertz CT molecular complexity index is 1080. The number of para-hydroxylation sites is 1. The number of anilines is 4. The van der Waals surface area contributed by atoms with Crippen LogP contribution in [0.5, 0.6) is 0 Å². The van der Waals surface area contributed by atoms with Crippen molar-refractivity contribution in [2.75, 3.05) is 47.2 Å². The zero-order chi connectivity index (χ0) is 22.3. The predicted octanol–water partition coefficient (Wildman–Crippen LogP) is 4.56. The van der Waals surface area contributed by atoms with Gasteiger partial charge in [0, 0.05) is 35.7 Å². The normalized spacial score (nSPS) is 13.3. The Morgan fingerprint density at radius 3 is 2.06 bits per heavy atom. The highest BCUT2D eigenvalue weighted by molar-refractivity contribution is 6.05. The van der Waals surface area contributed by atoms with E-state index in [9.17, 15) is 14.0 Å². The molecule has 0 saturated carbocycles. The van der Waals surface area contributed by atoms with Gasteiger partial charge >= 0.3 is 6.03 Å². The van der Waals surface area contributed by atoms with Crippen LogP contribution in [0.2, 0.25) is 0 Å². The van der Waals surface area contributed by atoms with Gasteiger partial charge in [0.15, 0.2) is 0 Å². The van der Waals surface area contributed by atoms with E-state index < -0.39 is 5.82 Å². The first-order valence-corrected chi connectivity index (χ1v) is 10.3. The van der Waals surface area contributed by atoms with Crippen LogP contribution in [0.4, 0.5) is 31.9 Å². The number of morpholine rings is 1. The van der Waals surface area contributed by atoms with Crippen molar-refractivity contribution in [1.82, 2.24) is 0 Å². The van der Waals surface area contributed by atoms with Gasteiger partial charge in [-0.25, -0.2) is 9.18 Å². The number of amides is 3.